The van der Waals surface area contributed by atoms with E-state index < -0.39 is 5.97 Å². The largest absolute Gasteiger partial charge is 0.493 e. The zero-order valence-electron chi connectivity index (χ0n) is 15.9. The normalized spacial score (nSPS) is 25.7. The number of aliphatic carboxylic acids is 1. The standard InChI is InChI=1S/C21H31NO4/c1-3-4-11-26-20-12-15(9-10-19(20)25-2)14-22-17-8-6-5-7-16(17)13-18(22)21(23)24/h9-10,12,16-18H,3-8,11,13-14H2,1-2H3,(H,23,24). The molecule has 1 N–H and O–H groups in total. The molecular weight excluding hydrogens is 330 g/mol. The van der Waals surface area contributed by atoms with Gasteiger partial charge in [-0.05, 0) is 49.3 Å². The molecule has 3 unspecified atom stereocenters. The van der Waals surface area contributed by atoms with Crippen molar-refractivity contribution in [2.75, 3.05) is 13.7 Å². The van der Waals surface area contributed by atoms with Crippen molar-refractivity contribution >= 4 is 5.97 Å². The second-order valence-electron chi connectivity index (χ2n) is 7.56. The summed E-state index contributed by atoms with van der Waals surface area (Å²) in [6.07, 6.45) is 7.60. The van der Waals surface area contributed by atoms with Crippen LogP contribution in [0.3, 0.4) is 0 Å². The number of benzene rings is 1. The Hall–Kier alpha value is -1.75. The summed E-state index contributed by atoms with van der Waals surface area (Å²) in [5.74, 6) is 1.33. The monoisotopic (exact) mass is 361 g/mol. The summed E-state index contributed by atoms with van der Waals surface area (Å²) in [7, 11) is 1.65. The maximum Gasteiger partial charge on any atom is 0.320 e. The Morgan fingerprint density at radius 3 is 2.81 bits per heavy atom. The fraction of sp³-hybridized carbons (Fsp3) is 0.667. The van der Waals surface area contributed by atoms with E-state index in [0.717, 1.165) is 42.7 Å². The van der Waals surface area contributed by atoms with Crippen molar-refractivity contribution in [3.05, 3.63) is 23.8 Å². The number of ether oxygens (including phenoxy) is 2. The maximum atomic E-state index is 11.8. The molecule has 5 heteroatoms. The van der Waals surface area contributed by atoms with Crippen LogP contribution in [0.5, 0.6) is 11.5 Å². The van der Waals surface area contributed by atoms with Crippen LogP contribution < -0.4 is 9.47 Å². The second kappa shape index (κ2) is 8.76. The van der Waals surface area contributed by atoms with E-state index in [1.165, 1.54) is 19.3 Å². The van der Waals surface area contributed by atoms with Crippen LogP contribution in [0.25, 0.3) is 0 Å². The lowest BCUT2D eigenvalue weighted by atomic mass is 9.84. The van der Waals surface area contributed by atoms with E-state index in [-0.39, 0.29) is 6.04 Å². The van der Waals surface area contributed by atoms with Crippen molar-refractivity contribution < 1.29 is 19.4 Å². The van der Waals surface area contributed by atoms with Gasteiger partial charge >= 0.3 is 5.97 Å². The molecule has 0 amide bonds. The molecule has 0 radical (unpaired) electrons. The summed E-state index contributed by atoms with van der Waals surface area (Å²) in [4.78, 5) is 14.0. The quantitative estimate of drug-likeness (QED) is 0.707. The molecule has 1 aromatic carbocycles. The third kappa shape index (κ3) is 4.14. The number of nitrogens with zero attached hydrogens (tertiary/aromatic N) is 1. The molecule has 1 saturated heterocycles. The van der Waals surface area contributed by atoms with Gasteiger partial charge in [0.2, 0.25) is 0 Å². The highest BCUT2D eigenvalue weighted by Crippen LogP contribution is 2.41. The van der Waals surface area contributed by atoms with Gasteiger partial charge in [-0.1, -0.05) is 32.3 Å². The van der Waals surface area contributed by atoms with Crippen molar-refractivity contribution in [1.82, 2.24) is 4.90 Å². The van der Waals surface area contributed by atoms with Gasteiger partial charge < -0.3 is 14.6 Å². The molecule has 1 heterocycles. The van der Waals surface area contributed by atoms with Crippen LogP contribution in [0.1, 0.15) is 57.4 Å². The van der Waals surface area contributed by atoms with Crippen LogP contribution in [-0.4, -0.2) is 41.8 Å². The minimum atomic E-state index is -0.688. The Balaban J connectivity index is 1.77. The Morgan fingerprint density at radius 2 is 2.08 bits per heavy atom. The number of hydrogen-bond acceptors (Lipinski definition) is 4. The Labute approximate surface area is 156 Å². The topological polar surface area (TPSA) is 59.0 Å². The zero-order valence-corrected chi connectivity index (χ0v) is 15.9. The SMILES string of the molecule is CCCCOc1cc(CN2C(C(=O)O)CC3CCCCC32)ccc1OC. The number of methoxy groups -OCH3 is 1. The fourth-order valence-corrected chi connectivity index (χ4v) is 4.49. The molecule has 1 aliphatic heterocycles. The second-order valence-corrected chi connectivity index (χ2v) is 7.56. The number of unbranched alkanes of at least 4 members (excludes halogenated alkanes) is 1. The van der Waals surface area contributed by atoms with Crippen LogP contribution in [0.4, 0.5) is 0 Å². The van der Waals surface area contributed by atoms with Crippen LogP contribution in [-0.2, 0) is 11.3 Å². The third-order valence-corrected chi connectivity index (χ3v) is 5.85. The number of carbonyl (C=O) groups is 1. The summed E-state index contributed by atoms with van der Waals surface area (Å²) < 4.78 is 11.3. The van der Waals surface area contributed by atoms with Gasteiger partial charge in [-0.15, -0.1) is 0 Å². The van der Waals surface area contributed by atoms with Gasteiger partial charge in [0.25, 0.3) is 0 Å². The van der Waals surface area contributed by atoms with E-state index in [4.69, 9.17) is 9.47 Å². The Morgan fingerprint density at radius 1 is 1.27 bits per heavy atom. The third-order valence-electron chi connectivity index (χ3n) is 5.85. The van der Waals surface area contributed by atoms with Crippen molar-refractivity contribution in [3.63, 3.8) is 0 Å². The van der Waals surface area contributed by atoms with Crippen LogP contribution >= 0.6 is 0 Å². The first-order valence-corrected chi connectivity index (χ1v) is 9.92. The molecule has 2 fully saturated rings. The molecule has 3 rings (SSSR count). The van der Waals surface area contributed by atoms with Crippen LogP contribution in [0.15, 0.2) is 18.2 Å². The number of hydrogen-bond donors (Lipinski definition) is 1. The van der Waals surface area contributed by atoms with E-state index in [1.807, 2.05) is 18.2 Å². The smallest absolute Gasteiger partial charge is 0.320 e. The molecule has 1 aromatic rings. The minimum absolute atomic E-state index is 0.366. The van der Waals surface area contributed by atoms with E-state index in [2.05, 4.69) is 11.8 Å². The molecule has 0 aromatic heterocycles. The molecule has 3 atom stereocenters. The molecule has 1 saturated carbocycles. The van der Waals surface area contributed by atoms with E-state index in [1.54, 1.807) is 7.11 Å². The number of carboxylic acids is 1. The molecule has 5 nitrogen and oxygen atoms in total. The van der Waals surface area contributed by atoms with Gasteiger partial charge in [0.1, 0.15) is 6.04 Å². The van der Waals surface area contributed by atoms with E-state index >= 15 is 0 Å². The molecule has 0 spiro atoms. The lowest BCUT2D eigenvalue weighted by Gasteiger charge is -2.33. The zero-order chi connectivity index (χ0) is 18.5. The molecule has 2 aliphatic rings. The van der Waals surface area contributed by atoms with Gasteiger partial charge in [0, 0.05) is 12.6 Å². The van der Waals surface area contributed by atoms with Crippen molar-refractivity contribution in [3.8, 4) is 11.5 Å². The van der Waals surface area contributed by atoms with Gasteiger partial charge in [-0.3, -0.25) is 9.69 Å². The first-order chi connectivity index (χ1) is 12.6. The summed E-state index contributed by atoms with van der Waals surface area (Å²) >= 11 is 0. The van der Waals surface area contributed by atoms with Crippen molar-refractivity contribution in [1.29, 1.82) is 0 Å². The molecular formula is C21H31NO4. The maximum absolute atomic E-state index is 11.8. The van der Waals surface area contributed by atoms with Crippen molar-refractivity contribution in [2.24, 2.45) is 5.92 Å². The van der Waals surface area contributed by atoms with E-state index in [0.29, 0.717) is 25.1 Å². The molecule has 26 heavy (non-hydrogen) atoms. The fourth-order valence-electron chi connectivity index (χ4n) is 4.49. The highest BCUT2D eigenvalue weighted by Gasteiger charge is 2.44. The Bertz CT molecular complexity index is 618. The van der Waals surface area contributed by atoms with Gasteiger partial charge in [0.15, 0.2) is 11.5 Å². The van der Waals surface area contributed by atoms with Gasteiger partial charge in [0.05, 0.1) is 13.7 Å². The lowest BCUT2D eigenvalue weighted by Crippen LogP contribution is -2.41. The summed E-state index contributed by atoms with van der Waals surface area (Å²) in [6, 6.07) is 6.01. The molecule has 144 valence electrons. The summed E-state index contributed by atoms with van der Waals surface area (Å²) in [5, 5.41) is 9.70. The Kier molecular flexibility index (Phi) is 6.41. The average molecular weight is 361 g/mol. The summed E-state index contributed by atoms with van der Waals surface area (Å²) in [6.45, 7) is 3.46. The highest BCUT2D eigenvalue weighted by atomic mass is 16.5. The minimum Gasteiger partial charge on any atom is -0.493 e. The van der Waals surface area contributed by atoms with Crippen molar-refractivity contribution in [2.45, 2.75) is 70.5 Å². The van der Waals surface area contributed by atoms with Gasteiger partial charge in [-0.25, -0.2) is 0 Å². The number of fused-ring (bicyclic) bond motifs is 1. The summed E-state index contributed by atoms with van der Waals surface area (Å²) in [5.41, 5.74) is 1.09. The van der Waals surface area contributed by atoms with Crippen LogP contribution in [0, 0.1) is 5.92 Å². The highest BCUT2D eigenvalue weighted by molar-refractivity contribution is 5.74. The van der Waals surface area contributed by atoms with E-state index in [9.17, 15) is 9.90 Å². The van der Waals surface area contributed by atoms with Crippen LogP contribution in [0.2, 0.25) is 0 Å². The first-order valence-electron chi connectivity index (χ1n) is 9.92. The molecule has 1 aliphatic carbocycles. The first kappa shape index (κ1) is 19.0. The number of likely N-dealkylation sites (tertiary alicyclic amines) is 1. The molecule has 0 bridgehead atoms. The predicted octanol–water partition coefficient (Wildman–Crippen LogP) is 4.09. The predicted molar refractivity (Wildman–Crippen MR) is 101 cm³/mol. The van der Waals surface area contributed by atoms with Gasteiger partial charge in [-0.2, -0.15) is 0 Å². The number of rotatable bonds is 8. The average Bonchev–Trinajstić information content (AvgIpc) is 3.01. The number of carboxylic acid groups (broad SMARTS) is 1. The lowest BCUT2D eigenvalue weighted by molar-refractivity contribution is -0.142.